The van der Waals surface area contributed by atoms with E-state index >= 15 is 0 Å². The molecule has 0 aromatic heterocycles. The van der Waals surface area contributed by atoms with Gasteiger partial charge in [0.25, 0.3) is 0 Å². The number of hydrogen-bond donors (Lipinski definition) is 4. The van der Waals surface area contributed by atoms with E-state index in [0.29, 0.717) is 26.4 Å². The van der Waals surface area contributed by atoms with E-state index < -0.39 is 0 Å². The molecule has 0 unspecified atom stereocenters. The van der Waals surface area contributed by atoms with E-state index in [4.69, 9.17) is 39.4 Å². The van der Waals surface area contributed by atoms with Crippen LogP contribution in [0.15, 0.2) is 0 Å². The Bertz CT molecular complexity index is 195. The summed E-state index contributed by atoms with van der Waals surface area (Å²) in [5.74, 6) is 0. The SMILES string of the molecule is CC(C)OCCO.CC(C)OCCO.CC(C)OCCO.CC(C)OCCO.[Ti]. The molecule has 0 fully saturated rings. The van der Waals surface area contributed by atoms with Crippen molar-refractivity contribution in [2.24, 2.45) is 0 Å². The summed E-state index contributed by atoms with van der Waals surface area (Å²) in [6.45, 7) is 17.8. The van der Waals surface area contributed by atoms with Crippen molar-refractivity contribution >= 4 is 0 Å². The average molecular weight is 464 g/mol. The Hall–Kier alpha value is 0.394. The van der Waals surface area contributed by atoms with Gasteiger partial charge in [0.15, 0.2) is 0 Å². The summed E-state index contributed by atoms with van der Waals surface area (Å²) < 4.78 is 19.8. The molecular weight excluding hydrogens is 416 g/mol. The maximum atomic E-state index is 8.19. The minimum absolute atomic E-state index is 0. The second-order valence-electron chi connectivity index (χ2n) is 6.57. The summed E-state index contributed by atoms with van der Waals surface area (Å²) in [6, 6.07) is 0. The molecular formula is C20H48O8Ti. The van der Waals surface area contributed by atoms with Gasteiger partial charge in [0, 0.05) is 21.7 Å². The summed E-state index contributed by atoms with van der Waals surface area (Å²) >= 11 is 0. The molecule has 0 aliphatic heterocycles. The van der Waals surface area contributed by atoms with Gasteiger partial charge in [-0.3, -0.25) is 0 Å². The van der Waals surface area contributed by atoms with Gasteiger partial charge in [-0.25, -0.2) is 0 Å². The predicted molar refractivity (Wildman–Crippen MR) is 113 cm³/mol. The number of ether oxygens (including phenoxy) is 4. The van der Waals surface area contributed by atoms with Gasteiger partial charge in [-0.05, 0) is 55.4 Å². The van der Waals surface area contributed by atoms with Crippen LogP contribution in [0.25, 0.3) is 0 Å². The summed E-state index contributed by atoms with van der Waals surface area (Å²) in [7, 11) is 0. The van der Waals surface area contributed by atoms with Crippen molar-refractivity contribution in [2.45, 2.75) is 79.8 Å². The van der Waals surface area contributed by atoms with Crippen LogP contribution in [0.2, 0.25) is 0 Å². The van der Waals surface area contributed by atoms with Crippen molar-refractivity contribution in [1.82, 2.24) is 0 Å². The molecule has 0 saturated heterocycles. The average Bonchev–Trinajstić information content (AvgIpc) is 2.62. The first-order valence-electron chi connectivity index (χ1n) is 9.98. The molecule has 9 heteroatoms. The zero-order valence-electron chi connectivity index (χ0n) is 19.9. The van der Waals surface area contributed by atoms with Crippen molar-refractivity contribution < 1.29 is 61.1 Å². The summed E-state index contributed by atoms with van der Waals surface area (Å²) in [6.07, 6.45) is 0.971. The third-order valence-corrected chi connectivity index (χ3v) is 2.17. The van der Waals surface area contributed by atoms with Crippen LogP contribution in [0, 0.1) is 0 Å². The molecule has 0 aliphatic carbocycles. The summed E-state index contributed by atoms with van der Waals surface area (Å²) in [4.78, 5) is 0. The van der Waals surface area contributed by atoms with Gasteiger partial charge < -0.3 is 39.4 Å². The maximum Gasteiger partial charge on any atom is 0.0701 e. The van der Waals surface area contributed by atoms with E-state index in [1.807, 2.05) is 55.4 Å². The number of aliphatic hydroxyl groups excluding tert-OH is 4. The Balaban J connectivity index is -0.0000000873. The first-order chi connectivity index (χ1) is 13.1. The van der Waals surface area contributed by atoms with Crippen LogP contribution in [-0.2, 0) is 40.7 Å². The Labute approximate surface area is 193 Å². The molecule has 8 nitrogen and oxygen atoms in total. The third-order valence-electron chi connectivity index (χ3n) is 2.17. The minimum atomic E-state index is 0. The van der Waals surface area contributed by atoms with E-state index in [2.05, 4.69) is 0 Å². The molecule has 0 aromatic carbocycles. The molecule has 0 rings (SSSR count). The van der Waals surface area contributed by atoms with Crippen LogP contribution < -0.4 is 0 Å². The molecule has 29 heavy (non-hydrogen) atoms. The zero-order chi connectivity index (χ0) is 22.8. The molecule has 0 radical (unpaired) electrons. The standard InChI is InChI=1S/4C5H12O2.Ti/c4*1-5(2)7-4-3-6;/h4*5-6H,3-4H2,1-2H3;. The fraction of sp³-hybridized carbons (Fsp3) is 1.00. The Morgan fingerprint density at radius 3 is 0.586 bits per heavy atom. The number of hydrogen-bond acceptors (Lipinski definition) is 8. The second-order valence-corrected chi connectivity index (χ2v) is 6.57. The van der Waals surface area contributed by atoms with E-state index in [1.165, 1.54) is 0 Å². The van der Waals surface area contributed by atoms with E-state index in [9.17, 15) is 0 Å². The smallest absolute Gasteiger partial charge is 0.0701 e. The maximum absolute atomic E-state index is 8.19. The summed E-state index contributed by atoms with van der Waals surface area (Å²) in [5.41, 5.74) is 0. The summed E-state index contributed by atoms with van der Waals surface area (Å²) in [5, 5.41) is 32.8. The van der Waals surface area contributed by atoms with Crippen LogP contribution in [-0.4, -0.2) is 97.7 Å². The van der Waals surface area contributed by atoms with Crippen LogP contribution in [0.3, 0.4) is 0 Å². The van der Waals surface area contributed by atoms with Crippen LogP contribution in [0.1, 0.15) is 55.4 Å². The van der Waals surface area contributed by atoms with E-state index in [0.717, 1.165) is 0 Å². The van der Waals surface area contributed by atoms with Gasteiger partial charge in [-0.2, -0.15) is 0 Å². The van der Waals surface area contributed by atoms with Gasteiger partial charge in [0.2, 0.25) is 0 Å². The molecule has 180 valence electrons. The fourth-order valence-corrected chi connectivity index (χ4v) is 1.15. The Morgan fingerprint density at radius 1 is 0.414 bits per heavy atom. The normalized spacial score (nSPS) is 9.93. The quantitative estimate of drug-likeness (QED) is 0.322. The van der Waals surface area contributed by atoms with Gasteiger partial charge in [-0.15, -0.1) is 0 Å². The van der Waals surface area contributed by atoms with Crippen LogP contribution in [0.5, 0.6) is 0 Å². The monoisotopic (exact) mass is 464 g/mol. The predicted octanol–water partition coefficient (Wildman–Crippen LogP) is 1.61. The third kappa shape index (κ3) is 73.6. The van der Waals surface area contributed by atoms with Gasteiger partial charge in [0.1, 0.15) is 0 Å². The zero-order valence-corrected chi connectivity index (χ0v) is 21.4. The number of aliphatic hydroxyl groups is 4. The van der Waals surface area contributed by atoms with Gasteiger partial charge in [-0.1, -0.05) is 0 Å². The van der Waals surface area contributed by atoms with Gasteiger partial charge in [0.05, 0.1) is 77.3 Å². The Morgan fingerprint density at radius 2 is 0.552 bits per heavy atom. The molecule has 4 N–H and O–H groups in total. The second kappa shape index (κ2) is 35.8. The van der Waals surface area contributed by atoms with Crippen LogP contribution in [0.4, 0.5) is 0 Å². The van der Waals surface area contributed by atoms with Crippen molar-refractivity contribution in [3.63, 3.8) is 0 Å². The molecule has 0 bridgehead atoms. The minimum Gasteiger partial charge on any atom is -0.394 e. The topological polar surface area (TPSA) is 118 Å². The van der Waals surface area contributed by atoms with Gasteiger partial charge >= 0.3 is 0 Å². The Kier molecular flexibility index (Phi) is 49.2. The van der Waals surface area contributed by atoms with Crippen molar-refractivity contribution in [2.75, 3.05) is 52.9 Å². The molecule has 0 aliphatic rings. The van der Waals surface area contributed by atoms with Crippen molar-refractivity contribution in [3.05, 3.63) is 0 Å². The largest absolute Gasteiger partial charge is 0.394 e. The van der Waals surface area contributed by atoms with E-state index in [-0.39, 0.29) is 72.6 Å². The van der Waals surface area contributed by atoms with Crippen LogP contribution >= 0.6 is 0 Å². The first kappa shape index (κ1) is 39.8. The molecule has 0 aromatic rings. The van der Waals surface area contributed by atoms with E-state index in [1.54, 1.807) is 0 Å². The molecule has 0 atom stereocenters. The van der Waals surface area contributed by atoms with Crippen molar-refractivity contribution in [1.29, 1.82) is 0 Å². The fourth-order valence-electron chi connectivity index (χ4n) is 1.15. The van der Waals surface area contributed by atoms with Crippen molar-refractivity contribution in [3.8, 4) is 0 Å². The molecule has 0 heterocycles. The number of rotatable bonds is 12. The first-order valence-corrected chi connectivity index (χ1v) is 9.98. The molecule has 0 spiro atoms. The molecule has 0 saturated carbocycles. The molecule has 0 amide bonds.